The molecule has 14 heavy (non-hydrogen) atoms. The number of halogens is 3. The summed E-state index contributed by atoms with van der Waals surface area (Å²) >= 11 is 0. The number of rotatable bonds is 2. The van der Waals surface area contributed by atoms with E-state index in [4.69, 9.17) is 5.73 Å². The lowest BCUT2D eigenvalue weighted by Crippen LogP contribution is -2.23. The normalized spacial score (nSPS) is 11.4. The van der Waals surface area contributed by atoms with Crippen LogP contribution >= 0.6 is 0 Å². The number of pyridine rings is 1. The molecule has 0 aliphatic carbocycles. The average molecular weight is 208 g/mol. The Balaban J connectivity index is 3.09. The van der Waals surface area contributed by atoms with E-state index in [1.54, 1.807) is 0 Å². The van der Waals surface area contributed by atoms with E-state index in [0.29, 0.717) is 0 Å². The van der Waals surface area contributed by atoms with E-state index >= 15 is 0 Å². The van der Waals surface area contributed by atoms with Crippen LogP contribution in [0.5, 0.6) is 5.88 Å². The summed E-state index contributed by atoms with van der Waals surface area (Å²) < 4.78 is 39.0. The van der Waals surface area contributed by atoms with Gasteiger partial charge in [0, 0.05) is 18.8 Å². The first kappa shape index (κ1) is 10.6. The largest absolute Gasteiger partial charge is 0.574 e. The molecule has 0 atom stereocenters. The molecule has 0 spiro atoms. The first-order chi connectivity index (χ1) is 6.44. The van der Waals surface area contributed by atoms with Crippen molar-refractivity contribution in [1.29, 1.82) is 0 Å². The zero-order valence-electron chi connectivity index (χ0n) is 6.89. The number of hydrogen-bond acceptors (Lipinski definition) is 3. The van der Waals surface area contributed by atoms with E-state index in [0.717, 1.165) is 12.3 Å². The van der Waals surface area contributed by atoms with E-state index in [1.807, 2.05) is 0 Å². The van der Waals surface area contributed by atoms with Gasteiger partial charge in [0.25, 0.3) is 0 Å². The predicted octanol–water partition coefficient (Wildman–Crippen LogP) is 0.732. The fourth-order valence-corrected chi connectivity index (χ4v) is 0.893. The number of ether oxygens (including phenoxy) is 1. The highest BCUT2D eigenvalue weighted by molar-refractivity contribution is 5.25. The quantitative estimate of drug-likeness (QED) is 0.752. The second-order valence-corrected chi connectivity index (χ2v) is 2.40. The molecular formula is C7H7F3N2O2. The molecule has 1 rings (SSSR count). The Kier molecular flexibility index (Phi) is 2.80. The lowest BCUT2D eigenvalue weighted by Gasteiger charge is -2.10. The Morgan fingerprint density at radius 1 is 1.50 bits per heavy atom. The van der Waals surface area contributed by atoms with Gasteiger partial charge in [0.05, 0.1) is 5.56 Å². The maximum Gasteiger partial charge on any atom is 0.574 e. The number of hydrogen-bond donors (Lipinski definition) is 2. The van der Waals surface area contributed by atoms with Gasteiger partial charge in [0.15, 0.2) is 5.43 Å². The van der Waals surface area contributed by atoms with Gasteiger partial charge in [-0.05, 0) is 0 Å². The summed E-state index contributed by atoms with van der Waals surface area (Å²) in [6.07, 6.45) is -3.78. The van der Waals surface area contributed by atoms with E-state index in [9.17, 15) is 18.0 Å². The second-order valence-electron chi connectivity index (χ2n) is 2.40. The van der Waals surface area contributed by atoms with Crippen LogP contribution in [0.4, 0.5) is 13.2 Å². The Bertz CT molecular complexity index is 372. The monoisotopic (exact) mass is 208 g/mol. The molecule has 78 valence electrons. The van der Waals surface area contributed by atoms with Gasteiger partial charge >= 0.3 is 6.36 Å². The smallest absolute Gasteiger partial charge is 0.389 e. The number of alkyl halides is 3. The van der Waals surface area contributed by atoms with Gasteiger partial charge < -0.3 is 15.5 Å². The first-order valence-corrected chi connectivity index (χ1v) is 3.60. The third-order valence-corrected chi connectivity index (χ3v) is 1.44. The van der Waals surface area contributed by atoms with Gasteiger partial charge in [0.2, 0.25) is 5.88 Å². The van der Waals surface area contributed by atoms with Crippen molar-refractivity contribution in [2.45, 2.75) is 12.9 Å². The van der Waals surface area contributed by atoms with E-state index in [2.05, 4.69) is 9.72 Å². The molecule has 0 aliphatic heterocycles. The summed E-state index contributed by atoms with van der Waals surface area (Å²) in [5.74, 6) is -0.660. The van der Waals surface area contributed by atoms with Crippen LogP contribution in [0.25, 0.3) is 0 Å². The highest BCUT2D eigenvalue weighted by Gasteiger charge is 2.32. The third-order valence-electron chi connectivity index (χ3n) is 1.44. The fourth-order valence-electron chi connectivity index (χ4n) is 0.893. The molecule has 7 heteroatoms. The first-order valence-electron chi connectivity index (χ1n) is 3.60. The fraction of sp³-hybridized carbons (Fsp3) is 0.286. The molecule has 0 saturated carbocycles. The molecule has 1 aromatic rings. The zero-order valence-corrected chi connectivity index (χ0v) is 6.89. The van der Waals surface area contributed by atoms with Crippen LogP contribution in [0.1, 0.15) is 5.56 Å². The molecule has 0 radical (unpaired) electrons. The number of aromatic nitrogens is 1. The molecule has 3 N–H and O–H groups in total. The second kappa shape index (κ2) is 3.70. The molecule has 0 fully saturated rings. The summed E-state index contributed by atoms with van der Waals surface area (Å²) in [5, 5.41) is 0. The highest BCUT2D eigenvalue weighted by atomic mass is 19.4. The van der Waals surface area contributed by atoms with Crippen molar-refractivity contribution in [3.8, 4) is 5.88 Å². The van der Waals surface area contributed by atoms with Crippen molar-refractivity contribution in [3.05, 3.63) is 28.0 Å². The van der Waals surface area contributed by atoms with Gasteiger partial charge in [-0.2, -0.15) is 0 Å². The SMILES string of the molecule is NCc1c(OC(F)(F)F)[nH]ccc1=O. The van der Waals surface area contributed by atoms with Crippen molar-refractivity contribution in [3.63, 3.8) is 0 Å². The Hall–Kier alpha value is -1.50. The van der Waals surface area contributed by atoms with Crippen molar-refractivity contribution in [2.75, 3.05) is 0 Å². The topological polar surface area (TPSA) is 68.1 Å². The third kappa shape index (κ3) is 2.49. The minimum absolute atomic E-state index is 0.232. The number of H-pyrrole nitrogens is 1. The molecule has 0 saturated heterocycles. The number of nitrogens with two attached hydrogens (primary N) is 1. The Labute approximate surface area is 76.5 Å². The van der Waals surface area contributed by atoms with Gasteiger partial charge in [-0.15, -0.1) is 13.2 Å². The Morgan fingerprint density at radius 3 is 2.64 bits per heavy atom. The van der Waals surface area contributed by atoms with Crippen LogP contribution in [0, 0.1) is 0 Å². The molecule has 0 aromatic carbocycles. The summed E-state index contributed by atoms with van der Waals surface area (Å²) in [4.78, 5) is 13.2. The summed E-state index contributed by atoms with van der Waals surface area (Å²) in [7, 11) is 0. The van der Waals surface area contributed by atoms with E-state index in [-0.39, 0.29) is 12.1 Å². The molecule has 1 heterocycles. The maximum atomic E-state index is 11.8. The maximum absolute atomic E-state index is 11.8. The number of nitrogens with one attached hydrogen (secondary N) is 1. The molecule has 0 amide bonds. The molecule has 1 aromatic heterocycles. The predicted molar refractivity (Wildman–Crippen MR) is 41.6 cm³/mol. The highest BCUT2D eigenvalue weighted by Crippen LogP contribution is 2.21. The van der Waals surface area contributed by atoms with Crippen molar-refractivity contribution >= 4 is 0 Å². The van der Waals surface area contributed by atoms with E-state index in [1.165, 1.54) is 0 Å². The van der Waals surface area contributed by atoms with Crippen LogP contribution in [-0.2, 0) is 6.54 Å². The summed E-state index contributed by atoms with van der Waals surface area (Å²) in [6, 6.07) is 1.07. The lowest BCUT2D eigenvalue weighted by atomic mass is 10.2. The van der Waals surface area contributed by atoms with Crippen LogP contribution in [0.2, 0.25) is 0 Å². The standard InChI is InChI=1S/C7H7F3N2O2/c8-7(9,10)14-6-4(3-11)5(13)1-2-12-6/h1-2H,3,11H2,(H,12,13). The number of aromatic amines is 1. The lowest BCUT2D eigenvalue weighted by molar-refractivity contribution is -0.276. The molecule has 0 bridgehead atoms. The Morgan fingerprint density at radius 2 is 2.14 bits per heavy atom. The van der Waals surface area contributed by atoms with Gasteiger partial charge in [-0.1, -0.05) is 0 Å². The van der Waals surface area contributed by atoms with Gasteiger partial charge in [0.1, 0.15) is 0 Å². The van der Waals surface area contributed by atoms with Crippen LogP contribution in [0.15, 0.2) is 17.1 Å². The van der Waals surface area contributed by atoms with Gasteiger partial charge in [-0.3, -0.25) is 4.79 Å². The summed E-state index contributed by atoms with van der Waals surface area (Å²) in [6.45, 7) is -0.318. The molecule has 0 aliphatic rings. The van der Waals surface area contributed by atoms with Crippen LogP contribution in [-0.4, -0.2) is 11.3 Å². The van der Waals surface area contributed by atoms with Crippen molar-refractivity contribution in [1.82, 2.24) is 4.98 Å². The van der Waals surface area contributed by atoms with E-state index < -0.39 is 17.7 Å². The molecular weight excluding hydrogens is 201 g/mol. The minimum Gasteiger partial charge on any atom is -0.389 e. The van der Waals surface area contributed by atoms with Crippen molar-refractivity contribution in [2.24, 2.45) is 5.73 Å². The minimum atomic E-state index is -4.84. The van der Waals surface area contributed by atoms with Crippen LogP contribution in [0.3, 0.4) is 0 Å². The van der Waals surface area contributed by atoms with Gasteiger partial charge in [-0.25, -0.2) is 0 Å². The van der Waals surface area contributed by atoms with Crippen molar-refractivity contribution < 1.29 is 17.9 Å². The van der Waals surface area contributed by atoms with Crippen LogP contribution < -0.4 is 15.9 Å². The summed E-state index contributed by atoms with van der Waals surface area (Å²) in [5.41, 5.74) is 4.28. The molecule has 0 unspecified atom stereocenters. The zero-order chi connectivity index (χ0) is 10.8. The molecule has 4 nitrogen and oxygen atoms in total. The average Bonchev–Trinajstić information content (AvgIpc) is 2.01.